The fraction of sp³-hybridized carbons (Fsp3) is 0.389. The van der Waals surface area contributed by atoms with Crippen molar-refractivity contribution in [1.82, 2.24) is 10.2 Å². The highest BCUT2D eigenvalue weighted by Crippen LogP contribution is 2.40. The van der Waals surface area contributed by atoms with Gasteiger partial charge in [0.1, 0.15) is 23.8 Å². The van der Waals surface area contributed by atoms with Crippen LogP contribution in [0.15, 0.2) is 42.5 Å². The normalized spacial score (nSPS) is 23.7. The van der Waals surface area contributed by atoms with Gasteiger partial charge in [-0.05, 0) is 17.7 Å². The Morgan fingerprint density at radius 3 is 2.62 bits per heavy atom. The topological polar surface area (TPSA) is 84.9 Å². The zero-order valence-electron chi connectivity index (χ0n) is 15.0. The van der Waals surface area contributed by atoms with E-state index in [1.165, 1.54) is 16.7 Å². The van der Waals surface area contributed by atoms with Crippen molar-refractivity contribution in [3.8, 4) is 5.75 Å². The van der Waals surface area contributed by atoms with Crippen molar-refractivity contribution in [2.24, 2.45) is 0 Å². The van der Waals surface area contributed by atoms with Crippen LogP contribution in [0.2, 0.25) is 0 Å². The lowest BCUT2D eigenvalue weighted by Crippen LogP contribution is -2.75. The van der Waals surface area contributed by atoms with Crippen LogP contribution in [0, 0.1) is 0 Å². The summed E-state index contributed by atoms with van der Waals surface area (Å²) in [5.74, 6) is -0.601. The van der Waals surface area contributed by atoms with Crippen molar-refractivity contribution in [2.75, 3.05) is 19.0 Å². The minimum atomic E-state index is -1.76. The maximum absolute atomic E-state index is 12.6. The molecule has 0 aromatic heterocycles. The van der Waals surface area contributed by atoms with Crippen molar-refractivity contribution < 1.29 is 23.9 Å². The number of nitrogens with one attached hydrogen (secondary N) is 1. The molecule has 156 valence electrons. The summed E-state index contributed by atoms with van der Waals surface area (Å²) in [6, 6.07) is 7.11. The summed E-state index contributed by atoms with van der Waals surface area (Å²) in [7, 11) is 0. The summed E-state index contributed by atoms with van der Waals surface area (Å²) in [5.41, 5.74) is 0.506. The Hall–Kier alpha value is -1.61. The molecule has 1 aromatic carbocycles. The molecule has 2 aliphatic heterocycles. The molecule has 3 rings (SSSR count). The first-order valence-electron chi connectivity index (χ1n) is 8.49. The van der Waals surface area contributed by atoms with Gasteiger partial charge in [0, 0.05) is 5.75 Å². The van der Waals surface area contributed by atoms with Crippen LogP contribution in [-0.4, -0.2) is 62.9 Å². The van der Waals surface area contributed by atoms with Gasteiger partial charge in [0.05, 0.1) is 0 Å². The average molecular weight is 480 g/mol. The van der Waals surface area contributed by atoms with Gasteiger partial charge >= 0.3 is 5.97 Å². The smallest absolute Gasteiger partial charge is 0.333 e. The molecular weight excluding hydrogens is 463 g/mol. The molecule has 0 saturated carbocycles. The van der Waals surface area contributed by atoms with E-state index in [2.05, 4.69) is 11.9 Å². The third-order valence-corrected chi connectivity index (χ3v) is 5.92. The maximum atomic E-state index is 12.6. The third-order valence-electron chi connectivity index (χ3n) is 4.22. The van der Waals surface area contributed by atoms with Gasteiger partial charge in [0.2, 0.25) is 9.70 Å². The Kier molecular flexibility index (Phi) is 6.88. The SMILES string of the molecule is C=C1CS[C@@H]2[C@H](NC(=O)COc3ccccc3)C(=O)N2C1C(=O)OCC(Cl)(Cl)Cl. The molecule has 1 aromatic rings. The van der Waals surface area contributed by atoms with Crippen LogP contribution in [0.5, 0.6) is 5.75 Å². The molecule has 2 amide bonds. The molecule has 2 aliphatic rings. The zero-order chi connectivity index (χ0) is 21.2. The molecule has 0 radical (unpaired) electrons. The highest BCUT2D eigenvalue weighted by molar-refractivity contribution is 8.00. The van der Waals surface area contributed by atoms with E-state index in [9.17, 15) is 14.4 Å². The van der Waals surface area contributed by atoms with E-state index in [-0.39, 0.29) is 6.61 Å². The largest absolute Gasteiger partial charge is 0.484 e. The van der Waals surface area contributed by atoms with Gasteiger partial charge in [-0.2, -0.15) is 0 Å². The Morgan fingerprint density at radius 2 is 1.97 bits per heavy atom. The van der Waals surface area contributed by atoms with Gasteiger partial charge in [-0.25, -0.2) is 4.79 Å². The molecule has 2 heterocycles. The number of carbonyl (C=O) groups is 3. The van der Waals surface area contributed by atoms with Gasteiger partial charge in [0.25, 0.3) is 5.91 Å². The molecule has 11 heteroatoms. The molecule has 2 saturated heterocycles. The number of nitrogens with zero attached hydrogens (tertiary/aromatic N) is 1. The van der Waals surface area contributed by atoms with Crippen LogP contribution in [0.3, 0.4) is 0 Å². The molecule has 2 fully saturated rings. The predicted octanol–water partition coefficient (Wildman–Crippen LogP) is 2.30. The Morgan fingerprint density at radius 1 is 1.28 bits per heavy atom. The second-order valence-corrected chi connectivity index (χ2v) is 10.00. The number of thioether (sulfide) groups is 1. The highest BCUT2D eigenvalue weighted by Gasteiger charge is 2.56. The van der Waals surface area contributed by atoms with Gasteiger partial charge < -0.3 is 19.7 Å². The van der Waals surface area contributed by atoms with Gasteiger partial charge in [0.15, 0.2) is 12.6 Å². The molecule has 3 atom stereocenters. The molecular formula is C18H17Cl3N2O5S. The lowest BCUT2D eigenvalue weighted by Gasteiger charge is -2.52. The van der Waals surface area contributed by atoms with Crippen molar-refractivity contribution >= 4 is 64.3 Å². The number of para-hydroxylation sites is 1. The summed E-state index contributed by atoms with van der Waals surface area (Å²) in [4.78, 5) is 38.5. The number of benzene rings is 1. The number of esters is 1. The summed E-state index contributed by atoms with van der Waals surface area (Å²) in [6.45, 7) is 3.16. The number of carbonyl (C=O) groups excluding carboxylic acids is 3. The lowest BCUT2D eigenvalue weighted by atomic mass is 9.98. The predicted molar refractivity (Wildman–Crippen MR) is 111 cm³/mol. The number of hydrogen-bond donors (Lipinski definition) is 1. The number of alkyl halides is 3. The Labute approximate surface area is 186 Å². The van der Waals surface area contributed by atoms with Crippen molar-refractivity contribution in [1.29, 1.82) is 0 Å². The van der Waals surface area contributed by atoms with Crippen LogP contribution < -0.4 is 10.1 Å². The summed E-state index contributed by atoms with van der Waals surface area (Å²) in [6.07, 6.45) is 0. The van der Waals surface area contributed by atoms with E-state index in [0.29, 0.717) is 17.1 Å². The van der Waals surface area contributed by atoms with Crippen molar-refractivity contribution in [2.45, 2.75) is 21.3 Å². The first-order chi connectivity index (χ1) is 13.7. The minimum Gasteiger partial charge on any atom is -0.484 e. The van der Waals surface area contributed by atoms with Crippen molar-refractivity contribution in [3.05, 3.63) is 42.5 Å². The number of rotatable bonds is 6. The maximum Gasteiger partial charge on any atom is 0.333 e. The van der Waals surface area contributed by atoms with Crippen LogP contribution in [0.1, 0.15) is 0 Å². The van der Waals surface area contributed by atoms with Gasteiger partial charge in [-0.15, -0.1) is 11.8 Å². The number of β-lactam (4-membered cyclic amide) rings is 1. The third kappa shape index (κ3) is 5.31. The standard InChI is InChI=1S/C18H17Cl3N2O5S/c1-10-8-29-16-13(22-12(24)7-27-11-5-3-2-4-6-11)15(25)23(16)14(10)17(26)28-9-18(19,20)21/h2-6,13-14,16H,1,7-9H2,(H,22,24)/t13-,14?,16-/m1/s1. The summed E-state index contributed by atoms with van der Waals surface area (Å²) < 4.78 is 8.64. The monoisotopic (exact) mass is 478 g/mol. The number of amides is 2. The van der Waals surface area contributed by atoms with Crippen LogP contribution >= 0.6 is 46.6 Å². The van der Waals surface area contributed by atoms with E-state index in [4.69, 9.17) is 44.3 Å². The quantitative estimate of drug-likeness (QED) is 0.292. The van der Waals surface area contributed by atoms with Crippen LogP contribution in [-0.2, 0) is 19.1 Å². The summed E-state index contributed by atoms with van der Waals surface area (Å²) >= 11 is 18.2. The number of fused-ring (bicyclic) bond motifs is 1. The van der Waals surface area contributed by atoms with E-state index in [0.717, 1.165) is 0 Å². The van der Waals surface area contributed by atoms with Crippen LogP contribution in [0.4, 0.5) is 0 Å². The minimum absolute atomic E-state index is 0.230. The van der Waals surface area contributed by atoms with E-state index in [1.54, 1.807) is 24.3 Å². The zero-order valence-corrected chi connectivity index (χ0v) is 18.1. The highest BCUT2D eigenvalue weighted by atomic mass is 35.6. The number of halogens is 3. The lowest BCUT2D eigenvalue weighted by molar-refractivity contribution is -0.163. The molecule has 29 heavy (non-hydrogen) atoms. The van der Waals surface area contributed by atoms with E-state index in [1.807, 2.05) is 6.07 Å². The second kappa shape index (κ2) is 9.04. The Bertz CT molecular complexity index is 817. The number of ether oxygens (including phenoxy) is 2. The number of hydrogen-bond acceptors (Lipinski definition) is 6. The van der Waals surface area contributed by atoms with Gasteiger partial charge in [-0.3, -0.25) is 9.59 Å². The Balaban J connectivity index is 1.57. The molecule has 0 spiro atoms. The summed E-state index contributed by atoms with van der Waals surface area (Å²) in [5, 5.41) is 2.23. The average Bonchev–Trinajstić information content (AvgIpc) is 2.68. The van der Waals surface area contributed by atoms with Crippen LogP contribution in [0.25, 0.3) is 0 Å². The molecule has 0 aliphatic carbocycles. The molecule has 1 N–H and O–H groups in total. The van der Waals surface area contributed by atoms with Crippen molar-refractivity contribution in [3.63, 3.8) is 0 Å². The molecule has 7 nitrogen and oxygen atoms in total. The first kappa shape index (κ1) is 22.1. The molecule has 0 bridgehead atoms. The fourth-order valence-electron chi connectivity index (χ4n) is 2.93. The molecule has 1 unspecified atom stereocenters. The first-order valence-corrected chi connectivity index (χ1v) is 10.7. The fourth-order valence-corrected chi connectivity index (χ4v) is 4.40. The van der Waals surface area contributed by atoms with E-state index >= 15 is 0 Å². The van der Waals surface area contributed by atoms with E-state index < -0.39 is 45.6 Å². The van der Waals surface area contributed by atoms with Gasteiger partial charge in [-0.1, -0.05) is 59.6 Å². The second-order valence-electron chi connectivity index (χ2n) is 6.38.